The van der Waals surface area contributed by atoms with Gasteiger partial charge in [-0.25, -0.2) is 0 Å². The van der Waals surface area contributed by atoms with Gasteiger partial charge in [-0.05, 0) is 56.8 Å². The Morgan fingerprint density at radius 1 is 0.900 bits per heavy atom. The maximum absolute atomic E-state index is 7.01. The molecular weight excluding hydrogens is 287 g/mol. The van der Waals surface area contributed by atoms with Crippen molar-refractivity contribution in [1.29, 1.82) is 0 Å². The van der Waals surface area contributed by atoms with Crippen LogP contribution >= 0.6 is 23.2 Å². The molecule has 0 aromatic carbocycles. The summed E-state index contributed by atoms with van der Waals surface area (Å²) in [5.41, 5.74) is 0.529. The molecule has 0 saturated heterocycles. The first-order valence-corrected chi connectivity index (χ1v) is 9.58. The van der Waals surface area contributed by atoms with Crippen molar-refractivity contribution >= 4 is 23.2 Å². The van der Waals surface area contributed by atoms with Gasteiger partial charge >= 0.3 is 0 Å². The molecule has 3 saturated carbocycles. The third-order valence-corrected chi connectivity index (χ3v) is 8.60. The van der Waals surface area contributed by atoms with E-state index in [1.54, 1.807) is 0 Å². The van der Waals surface area contributed by atoms with E-state index in [1.165, 1.54) is 70.6 Å². The van der Waals surface area contributed by atoms with Crippen LogP contribution in [0.5, 0.6) is 0 Å². The van der Waals surface area contributed by atoms with Crippen LogP contribution in [0.25, 0.3) is 0 Å². The standard InChI is InChI=1S/C18H30Cl2/c1-3-4-15-7-11-17(12-8-15)13-16(18(17,19)20)9-5-14(2)6-10-16/h14-15H,3-13H2,1-2H3/t14-,15?,16-,17-. The summed E-state index contributed by atoms with van der Waals surface area (Å²) in [5, 5.41) is 0. The zero-order valence-corrected chi connectivity index (χ0v) is 14.7. The third kappa shape index (κ3) is 2.16. The minimum absolute atomic E-state index is 0.264. The third-order valence-electron chi connectivity index (χ3n) is 7.00. The molecule has 0 bridgehead atoms. The van der Waals surface area contributed by atoms with Gasteiger partial charge in [-0.1, -0.05) is 39.5 Å². The molecule has 2 spiro atoms. The fourth-order valence-electron chi connectivity index (χ4n) is 5.55. The van der Waals surface area contributed by atoms with Crippen molar-refractivity contribution in [1.82, 2.24) is 0 Å². The Hall–Kier alpha value is 0.580. The van der Waals surface area contributed by atoms with Gasteiger partial charge in [-0.15, -0.1) is 23.2 Å². The second-order valence-corrected chi connectivity index (χ2v) is 9.55. The molecule has 0 atom stereocenters. The molecule has 0 heterocycles. The van der Waals surface area contributed by atoms with Gasteiger partial charge in [0.15, 0.2) is 0 Å². The number of halogens is 2. The molecule has 0 N–H and O–H groups in total. The highest BCUT2D eigenvalue weighted by molar-refractivity contribution is 6.50. The van der Waals surface area contributed by atoms with Gasteiger partial charge in [0.25, 0.3) is 0 Å². The van der Waals surface area contributed by atoms with Crippen molar-refractivity contribution in [3.05, 3.63) is 0 Å². The summed E-state index contributed by atoms with van der Waals surface area (Å²) in [7, 11) is 0. The second kappa shape index (κ2) is 5.34. The van der Waals surface area contributed by atoms with Crippen LogP contribution in [0.3, 0.4) is 0 Å². The molecule has 0 aromatic rings. The Morgan fingerprint density at radius 3 is 1.85 bits per heavy atom. The van der Waals surface area contributed by atoms with Gasteiger partial charge in [-0.2, -0.15) is 0 Å². The van der Waals surface area contributed by atoms with Crippen molar-refractivity contribution in [2.75, 3.05) is 0 Å². The molecule has 0 unspecified atom stereocenters. The monoisotopic (exact) mass is 316 g/mol. The first-order chi connectivity index (χ1) is 9.45. The van der Waals surface area contributed by atoms with Crippen LogP contribution in [0.4, 0.5) is 0 Å². The molecule has 0 aromatic heterocycles. The lowest BCUT2D eigenvalue weighted by atomic mass is 9.43. The van der Waals surface area contributed by atoms with Crippen LogP contribution in [-0.4, -0.2) is 4.33 Å². The van der Waals surface area contributed by atoms with E-state index in [4.69, 9.17) is 23.2 Å². The Kier molecular flexibility index (Phi) is 4.13. The van der Waals surface area contributed by atoms with Crippen LogP contribution in [0.15, 0.2) is 0 Å². The largest absolute Gasteiger partial charge is 0.129 e. The van der Waals surface area contributed by atoms with Gasteiger partial charge in [-0.3, -0.25) is 0 Å². The zero-order chi connectivity index (χ0) is 14.4. The maximum atomic E-state index is 7.01. The predicted octanol–water partition coefficient (Wildman–Crippen LogP) is 6.74. The molecule has 3 aliphatic rings. The van der Waals surface area contributed by atoms with Gasteiger partial charge in [0.1, 0.15) is 4.33 Å². The van der Waals surface area contributed by atoms with E-state index in [2.05, 4.69) is 13.8 Å². The summed E-state index contributed by atoms with van der Waals surface area (Å²) in [6, 6.07) is 0. The first-order valence-electron chi connectivity index (χ1n) is 8.82. The Morgan fingerprint density at radius 2 is 1.40 bits per heavy atom. The van der Waals surface area contributed by atoms with Gasteiger partial charge < -0.3 is 0 Å². The zero-order valence-electron chi connectivity index (χ0n) is 13.2. The fourth-order valence-corrected chi connectivity index (χ4v) is 6.57. The SMILES string of the molecule is CCCC1CC[C@]2(CC1)C[C@@]1(CC[C@H](C)CC1)C2(Cl)Cl. The Balaban J connectivity index is 1.66. The summed E-state index contributed by atoms with van der Waals surface area (Å²) in [4.78, 5) is 0. The van der Waals surface area contributed by atoms with Crippen molar-refractivity contribution in [2.45, 2.75) is 88.8 Å². The summed E-state index contributed by atoms with van der Waals surface area (Å²) >= 11 is 14.0. The number of hydrogen-bond acceptors (Lipinski definition) is 0. The van der Waals surface area contributed by atoms with E-state index in [9.17, 15) is 0 Å². The molecular formula is C18H30Cl2. The normalized spacial score (nSPS) is 47.4. The Labute approximate surface area is 135 Å². The first kappa shape index (κ1) is 15.5. The van der Waals surface area contributed by atoms with Gasteiger partial charge in [0.05, 0.1) is 0 Å². The van der Waals surface area contributed by atoms with Crippen LogP contribution in [0, 0.1) is 22.7 Å². The van der Waals surface area contributed by atoms with E-state index in [0.717, 1.165) is 11.8 Å². The highest BCUT2D eigenvalue weighted by atomic mass is 35.5. The summed E-state index contributed by atoms with van der Waals surface area (Å²) in [5.74, 6) is 1.82. The molecule has 3 rings (SSSR count). The number of hydrogen-bond donors (Lipinski definition) is 0. The molecule has 3 aliphatic carbocycles. The minimum atomic E-state index is -0.433. The van der Waals surface area contributed by atoms with E-state index >= 15 is 0 Å². The molecule has 3 fully saturated rings. The molecule has 116 valence electrons. The smallest absolute Gasteiger partial charge is 0.100 e. The van der Waals surface area contributed by atoms with Crippen molar-refractivity contribution < 1.29 is 0 Å². The molecule has 0 radical (unpaired) electrons. The quantitative estimate of drug-likeness (QED) is 0.495. The van der Waals surface area contributed by atoms with Crippen LogP contribution < -0.4 is 0 Å². The lowest BCUT2D eigenvalue weighted by Crippen LogP contribution is -2.66. The molecule has 0 aliphatic heterocycles. The topological polar surface area (TPSA) is 0 Å². The summed E-state index contributed by atoms with van der Waals surface area (Å²) in [6.07, 6.45) is 14.5. The van der Waals surface area contributed by atoms with Gasteiger partial charge in [0, 0.05) is 10.8 Å². The average Bonchev–Trinajstić information content (AvgIpc) is 2.44. The van der Waals surface area contributed by atoms with Crippen LogP contribution in [-0.2, 0) is 0 Å². The number of rotatable bonds is 2. The van der Waals surface area contributed by atoms with Gasteiger partial charge in [0.2, 0.25) is 0 Å². The van der Waals surface area contributed by atoms with Crippen LogP contribution in [0.1, 0.15) is 84.5 Å². The molecule has 0 amide bonds. The fraction of sp³-hybridized carbons (Fsp3) is 1.00. The number of alkyl halides is 2. The van der Waals surface area contributed by atoms with E-state index in [-0.39, 0.29) is 10.8 Å². The van der Waals surface area contributed by atoms with Crippen molar-refractivity contribution in [3.8, 4) is 0 Å². The molecule has 2 heteroatoms. The average molecular weight is 317 g/mol. The highest BCUT2D eigenvalue weighted by Crippen LogP contribution is 2.76. The summed E-state index contributed by atoms with van der Waals surface area (Å²) in [6.45, 7) is 4.68. The molecule has 0 nitrogen and oxygen atoms in total. The minimum Gasteiger partial charge on any atom is -0.100 e. The Bertz CT molecular complexity index is 344. The highest BCUT2D eigenvalue weighted by Gasteiger charge is 2.71. The van der Waals surface area contributed by atoms with E-state index < -0.39 is 4.33 Å². The van der Waals surface area contributed by atoms with E-state index in [1.807, 2.05) is 0 Å². The lowest BCUT2D eigenvalue weighted by Gasteiger charge is -2.69. The predicted molar refractivity (Wildman–Crippen MR) is 88.4 cm³/mol. The second-order valence-electron chi connectivity index (χ2n) is 8.23. The van der Waals surface area contributed by atoms with E-state index in [0.29, 0.717) is 0 Å². The summed E-state index contributed by atoms with van der Waals surface area (Å²) < 4.78 is -0.433. The van der Waals surface area contributed by atoms with Crippen molar-refractivity contribution in [2.24, 2.45) is 22.7 Å². The van der Waals surface area contributed by atoms with Crippen LogP contribution in [0.2, 0.25) is 0 Å². The lowest BCUT2D eigenvalue weighted by molar-refractivity contribution is -0.114. The maximum Gasteiger partial charge on any atom is 0.129 e. The van der Waals surface area contributed by atoms with Crippen molar-refractivity contribution in [3.63, 3.8) is 0 Å². The molecule has 20 heavy (non-hydrogen) atoms.